The van der Waals surface area contributed by atoms with Crippen LogP contribution < -0.4 is 16.7 Å². The van der Waals surface area contributed by atoms with E-state index in [-0.39, 0.29) is 36.6 Å². The summed E-state index contributed by atoms with van der Waals surface area (Å²) in [5, 5.41) is 14.5. The number of benzene rings is 2. The molecule has 3 heterocycles. The average molecular weight is 618 g/mol. The highest BCUT2D eigenvalue weighted by Crippen LogP contribution is 2.40. The summed E-state index contributed by atoms with van der Waals surface area (Å²) in [6.07, 6.45) is 0.924. The third-order valence-corrected chi connectivity index (χ3v) is 10.1. The summed E-state index contributed by atoms with van der Waals surface area (Å²) in [6, 6.07) is 10.9. The molecule has 12 nitrogen and oxygen atoms in total. The van der Waals surface area contributed by atoms with Crippen LogP contribution in [0.5, 0.6) is 0 Å². The smallest absolute Gasteiger partial charge is 0.407 e. The summed E-state index contributed by atoms with van der Waals surface area (Å²) in [4.78, 5) is 39.8. The van der Waals surface area contributed by atoms with Crippen LogP contribution in [0.15, 0.2) is 63.0 Å². The Bertz CT molecular complexity index is 1720. The molecule has 0 bridgehead atoms. The summed E-state index contributed by atoms with van der Waals surface area (Å²) in [7, 11) is -4.13. The lowest BCUT2D eigenvalue weighted by atomic mass is 9.89. The Morgan fingerprint density at radius 2 is 1.79 bits per heavy atom. The number of carbonyl (C=O) groups excluding carboxylic acids is 1. The van der Waals surface area contributed by atoms with Gasteiger partial charge in [0.1, 0.15) is 17.5 Å². The van der Waals surface area contributed by atoms with Gasteiger partial charge in [0, 0.05) is 31.7 Å². The lowest BCUT2D eigenvalue weighted by Gasteiger charge is -2.40. The number of halogens is 1. The molecular weight excluding hydrogens is 581 g/mol. The van der Waals surface area contributed by atoms with Crippen LogP contribution in [0.4, 0.5) is 9.18 Å². The number of aryl methyl sites for hydroxylation is 1. The van der Waals surface area contributed by atoms with Gasteiger partial charge in [-0.15, -0.1) is 0 Å². The number of hydrogen-bond acceptors (Lipinski definition) is 7. The van der Waals surface area contributed by atoms with Crippen LogP contribution in [0.25, 0.3) is 0 Å². The number of hydrogen-bond donors (Lipinski definition) is 2. The van der Waals surface area contributed by atoms with Gasteiger partial charge in [0.15, 0.2) is 6.10 Å². The lowest BCUT2D eigenvalue weighted by Crippen LogP contribution is -2.60. The largest absolute Gasteiger partial charge is 0.441 e. The monoisotopic (exact) mass is 617 g/mol. The van der Waals surface area contributed by atoms with E-state index < -0.39 is 57.6 Å². The lowest BCUT2D eigenvalue weighted by molar-refractivity contribution is -0.122. The molecule has 2 aliphatic heterocycles. The van der Waals surface area contributed by atoms with Crippen molar-refractivity contribution in [3.05, 3.63) is 86.4 Å². The van der Waals surface area contributed by atoms with Gasteiger partial charge in [0.25, 0.3) is 0 Å². The Balaban J connectivity index is 1.48. The molecule has 0 saturated carbocycles. The number of nitrogens with one attached hydrogen (secondary N) is 1. The number of aliphatic hydroxyl groups is 1. The summed E-state index contributed by atoms with van der Waals surface area (Å²) >= 11 is 0. The average Bonchev–Trinajstić information content (AvgIpc) is 3.46. The third-order valence-electron chi connectivity index (χ3n) is 8.24. The molecule has 1 saturated heterocycles. The fourth-order valence-corrected chi connectivity index (χ4v) is 7.27. The highest BCUT2D eigenvalue weighted by Gasteiger charge is 2.60. The maximum absolute atomic E-state index is 14.1. The summed E-state index contributed by atoms with van der Waals surface area (Å²) in [5.74, 6) is -0.525. The van der Waals surface area contributed by atoms with E-state index in [9.17, 15) is 32.3 Å². The quantitative estimate of drug-likeness (QED) is 0.332. The topological polar surface area (TPSA) is 145 Å². The molecule has 1 fully saturated rings. The molecule has 0 radical (unpaired) electrons. The maximum Gasteiger partial charge on any atom is 0.407 e. The number of alkyl carbamates (subject to hydrolysis) is 1. The number of sulfonamides is 1. The maximum atomic E-state index is 14.1. The number of β-amino-alcohol motifs (C(OH)–C–C–N with tert-alkyl or cyclic N) is 1. The van der Waals surface area contributed by atoms with Gasteiger partial charge in [-0.05, 0) is 31.5 Å². The first-order valence-electron chi connectivity index (χ1n) is 14.4. The molecule has 2 N–H and O–H groups in total. The van der Waals surface area contributed by atoms with Gasteiger partial charge >= 0.3 is 17.5 Å². The number of fused-ring (bicyclic) bond motifs is 3. The molecule has 0 aliphatic carbocycles. The van der Waals surface area contributed by atoms with Crippen molar-refractivity contribution in [3.63, 3.8) is 0 Å². The van der Waals surface area contributed by atoms with Gasteiger partial charge in [-0.1, -0.05) is 62.1 Å². The third kappa shape index (κ3) is 5.78. The normalized spacial score (nSPS) is 21.8. The van der Waals surface area contributed by atoms with Crippen molar-refractivity contribution in [2.45, 2.75) is 81.8 Å². The minimum Gasteiger partial charge on any atom is -0.441 e. The van der Waals surface area contributed by atoms with E-state index >= 15 is 0 Å². The van der Waals surface area contributed by atoms with E-state index in [1.807, 2.05) is 13.8 Å². The summed E-state index contributed by atoms with van der Waals surface area (Å²) < 4.78 is 51.2. The van der Waals surface area contributed by atoms with Crippen LogP contribution >= 0.6 is 0 Å². The van der Waals surface area contributed by atoms with Gasteiger partial charge in [0.2, 0.25) is 10.0 Å². The second-order valence-corrected chi connectivity index (χ2v) is 13.1. The van der Waals surface area contributed by atoms with Crippen LogP contribution in [0.2, 0.25) is 0 Å². The first-order chi connectivity index (χ1) is 20.5. The van der Waals surface area contributed by atoms with Crippen molar-refractivity contribution in [1.82, 2.24) is 23.6 Å². The zero-order valence-electron chi connectivity index (χ0n) is 24.1. The Morgan fingerprint density at radius 3 is 2.49 bits per heavy atom. The number of aromatic nitrogens is 3. The van der Waals surface area contributed by atoms with Crippen LogP contribution in [0, 0.1) is 12.7 Å². The summed E-state index contributed by atoms with van der Waals surface area (Å²) in [5.41, 5.74) is -2.28. The zero-order chi connectivity index (χ0) is 30.9. The number of unbranched alkanes of at least 4 members (excludes halogenated alkanes) is 3. The molecule has 232 valence electrons. The molecule has 14 heteroatoms. The standard InChI is InChI=1S/C29H36FN5O7S/c1-3-4-5-8-15-33-27(37)34-18-25(42-26(36)31-16-21-9-6-7-10-23(21)30)29(39)19-32(17-24(29)35(34)28(33)38)43(40,41)22-13-11-20(2)12-14-22/h6-7,9-14,24-25,39H,3-5,8,15-19H2,1-2H3,(H,31,36)/t24-,25+,29-/m1/s1. The Labute approximate surface area is 248 Å². The predicted molar refractivity (Wildman–Crippen MR) is 155 cm³/mol. The Hall–Kier alpha value is -3.75. The van der Waals surface area contributed by atoms with Gasteiger partial charge < -0.3 is 15.2 Å². The highest BCUT2D eigenvalue weighted by atomic mass is 32.2. The minimum absolute atomic E-state index is 0.00122. The van der Waals surface area contributed by atoms with Crippen LogP contribution in [-0.4, -0.2) is 62.6 Å². The predicted octanol–water partition coefficient (Wildman–Crippen LogP) is 2.12. The molecule has 3 atom stereocenters. The van der Waals surface area contributed by atoms with E-state index in [4.69, 9.17) is 4.74 Å². The van der Waals surface area contributed by atoms with E-state index in [1.54, 1.807) is 18.2 Å². The van der Waals surface area contributed by atoms with Crippen LogP contribution in [-0.2, 0) is 34.4 Å². The van der Waals surface area contributed by atoms with Crippen LogP contribution in [0.3, 0.4) is 0 Å². The van der Waals surface area contributed by atoms with E-state index in [2.05, 4.69) is 5.32 Å². The van der Waals surface area contributed by atoms with Gasteiger partial charge in [-0.25, -0.2) is 41.1 Å². The van der Waals surface area contributed by atoms with E-state index in [1.165, 1.54) is 30.3 Å². The second-order valence-electron chi connectivity index (χ2n) is 11.2. The molecule has 2 aromatic carbocycles. The molecule has 1 aromatic heterocycles. The fourth-order valence-electron chi connectivity index (χ4n) is 5.78. The van der Waals surface area contributed by atoms with Crippen LogP contribution in [0.1, 0.15) is 49.8 Å². The Kier molecular flexibility index (Phi) is 8.63. The molecule has 1 amide bonds. The molecule has 0 spiro atoms. The van der Waals surface area contributed by atoms with Crippen molar-refractivity contribution in [3.8, 4) is 0 Å². The molecule has 43 heavy (non-hydrogen) atoms. The number of amides is 1. The molecule has 0 unspecified atom stereocenters. The van der Waals surface area contributed by atoms with Gasteiger partial charge in [-0.2, -0.15) is 4.31 Å². The van der Waals surface area contributed by atoms with Crippen molar-refractivity contribution >= 4 is 16.1 Å². The van der Waals surface area contributed by atoms with Crippen molar-refractivity contribution in [1.29, 1.82) is 0 Å². The highest BCUT2D eigenvalue weighted by molar-refractivity contribution is 7.89. The second kappa shape index (κ2) is 12.1. The van der Waals surface area contributed by atoms with Gasteiger partial charge in [-0.3, -0.25) is 0 Å². The van der Waals surface area contributed by atoms with E-state index in [0.29, 0.717) is 6.42 Å². The number of carbonyl (C=O) groups is 1. The minimum atomic E-state index is -4.13. The number of ether oxygens (including phenoxy) is 1. The fraction of sp³-hybridized carbons (Fsp3) is 0.483. The van der Waals surface area contributed by atoms with Crippen molar-refractivity contribution in [2.24, 2.45) is 0 Å². The van der Waals surface area contributed by atoms with Crippen molar-refractivity contribution in [2.75, 3.05) is 13.1 Å². The SMILES string of the molecule is CCCCCCn1c(=O)n2n(c1=O)[C@@H]1CN(S(=O)(=O)c3ccc(C)cc3)C[C@]1(O)[C@@H](OC(=O)NCc1ccccc1F)C2. The van der Waals surface area contributed by atoms with Crippen molar-refractivity contribution < 1.29 is 27.4 Å². The first-order valence-corrected chi connectivity index (χ1v) is 15.8. The number of rotatable bonds is 10. The molecular formula is C29H36FN5O7S. The number of nitrogens with zero attached hydrogens (tertiary/aromatic N) is 4. The first kappa shape index (κ1) is 30.7. The molecule has 2 aliphatic rings. The molecule has 5 rings (SSSR count). The van der Waals surface area contributed by atoms with Gasteiger partial charge in [0.05, 0.1) is 11.4 Å². The molecule has 3 aromatic rings. The summed E-state index contributed by atoms with van der Waals surface area (Å²) in [6.45, 7) is 2.63. The van der Waals surface area contributed by atoms with E-state index in [0.717, 1.165) is 43.1 Å². The zero-order valence-corrected chi connectivity index (χ0v) is 24.9. The Morgan fingerprint density at radius 1 is 1.07 bits per heavy atom.